The number of hydrogen-bond donors (Lipinski definition) is 2. The van der Waals surface area contributed by atoms with Crippen molar-refractivity contribution in [1.29, 1.82) is 0 Å². The van der Waals surface area contributed by atoms with E-state index in [1.54, 1.807) is 30.3 Å². The summed E-state index contributed by atoms with van der Waals surface area (Å²) in [6.45, 7) is 2.58. The van der Waals surface area contributed by atoms with Gasteiger partial charge in [0, 0.05) is 30.0 Å². The molecule has 36 heavy (non-hydrogen) atoms. The van der Waals surface area contributed by atoms with E-state index >= 15 is 0 Å². The molecule has 2 heterocycles. The number of carbonyl (C=O) groups is 1. The largest absolute Gasteiger partial charge is 0.416 e. The molecule has 13 heteroatoms. The molecule has 1 saturated heterocycles. The zero-order chi connectivity index (χ0) is 25.9. The molecule has 190 valence electrons. The fraction of sp³-hybridized carbons (Fsp3) is 0.261. The van der Waals surface area contributed by atoms with Crippen LogP contribution in [0.1, 0.15) is 11.1 Å². The summed E-state index contributed by atoms with van der Waals surface area (Å²) in [4.78, 5) is 14.4. The second kappa shape index (κ2) is 10.0. The second-order valence-electron chi connectivity index (χ2n) is 7.83. The van der Waals surface area contributed by atoms with E-state index in [-0.39, 0.29) is 11.8 Å². The summed E-state index contributed by atoms with van der Waals surface area (Å²) in [6.07, 6.45) is -10.1. The highest BCUT2D eigenvalue weighted by molar-refractivity contribution is 6.00. The minimum atomic E-state index is -5.03. The summed E-state index contributed by atoms with van der Waals surface area (Å²) in [6, 6.07) is 9.74. The first-order valence-electron chi connectivity index (χ1n) is 10.6. The Balaban J connectivity index is 1.48. The molecule has 1 aliphatic heterocycles. The van der Waals surface area contributed by atoms with Gasteiger partial charge in [-0.3, -0.25) is 0 Å². The molecule has 0 bridgehead atoms. The number of amides is 2. The fourth-order valence-electron chi connectivity index (χ4n) is 3.52. The molecule has 1 fully saturated rings. The van der Waals surface area contributed by atoms with Crippen molar-refractivity contribution in [2.24, 2.45) is 0 Å². The Bertz CT molecular complexity index is 1190. The average molecular weight is 511 g/mol. The maximum absolute atomic E-state index is 13.0. The van der Waals surface area contributed by atoms with Crippen LogP contribution < -0.4 is 15.5 Å². The van der Waals surface area contributed by atoms with Crippen LogP contribution in [-0.4, -0.2) is 42.5 Å². The summed E-state index contributed by atoms with van der Waals surface area (Å²) in [5, 5.41) is 12.8. The number of urea groups is 1. The lowest BCUT2D eigenvalue weighted by atomic mass is 10.1. The van der Waals surface area contributed by atoms with E-state index in [9.17, 15) is 31.1 Å². The van der Waals surface area contributed by atoms with Crippen molar-refractivity contribution in [3.05, 3.63) is 65.7 Å². The van der Waals surface area contributed by atoms with Gasteiger partial charge in [0.25, 0.3) is 0 Å². The van der Waals surface area contributed by atoms with Crippen LogP contribution in [0.4, 0.5) is 48.3 Å². The topological polar surface area (TPSA) is 79.4 Å². The predicted molar refractivity (Wildman–Crippen MR) is 120 cm³/mol. The SMILES string of the molecule is O=C(Nc1cccc(-c2ccc(N3CCOCC3)nn2)c1)Nc1cc(C(F)(F)F)cc(C(F)(F)F)c1. The van der Waals surface area contributed by atoms with Gasteiger partial charge in [0.15, 0.2) is 5.82 Å². The van der Waals surface area contributed by atoms with E-state index in [0.717, 1.165) is 0 Å². The Kier molecular flexibility index (Phi) is 7.02. The number of alkyl halides is 6. The van der Waals surface area contributed by atoms with Gasteiger partial charge in [-0.25, -0.2) is 4.79 Å². The van der Waals surface area contributed by atoms with Crippen LogP contribution in [0, 0.1) is 0 Å². The van der Waals surface area contributed by atoms with Gasteiger partial charge in [0.1, 0.15) is 0 Å². The standard InChI is InChI=1S/C23H19F6N5O2/c24-22(25,26)15-11-16(23(27,28)29)13-18(12-15)31-21(35)30-17-3-1-2-14(10-17)19-4-5-20(33-32-19)34-6-8-36-9-7-34/h1-5,10-13H,6-9H2,(H2,30,31,35). The molecule has 0 saturated carbocycles. The summed E-state index contributed by atoms with van der Waals surface area (Å²) >= 11 is 0. The van der Waals surface area contributed by atoms with Crippen LogP contribution in [0.3, 0.4) is 0 Å². The van der Waals surface area contributed by atoms with Crippen molar-refractivity contribution in [3.63, 3.8) is 0 Å². The number of morpholine rings is 1. The fourth-order valence-corrected chi connectivity index (χ4v) is 3.52. The van der Waals surface area contributed by atoms with Gasteiger partial charge >= 0.3 is 18.4 Å². The number of benzene rings is 2. The highest BCUT2D eigenvalue weighted by Crippen LogP contribution is 2.37. The Morgan fingerprint density at radius 1 is 0.806 bits per heavy atom. The van der Waals surface area contributed by atoms with Crippen LogP contribution >= 0.6 is 0 Å². The van der Waals surface area contributed by atoms with Crippen molar-refractivity contribution >= 4 is 23.2 Å². The van der Waals surface area contributed by atoms with Crippen molar-refractivity contribution in [1.82, 2.24) is 10.2 Å². The summed E-state index contributed by atoms with van der Waals surface area (Å²) in [5.41, 5.74) is -2.39. The number of hydrogen-bond acceptors (Lipinski definition) is 5. The molecule has 3 aromatic rings. The number of halogens is 6. The first kappa shape index (κ1) is 25.2. The molecule has 1 aliphatic rings. The first-order chi connectivity index (χ1) is 17.0. The van der Waals surface area contributed by atoms with Crippen LogP contribution in [0.15, 0.2) is 54.6 Å². The Hall–Kier alpha value is -3.87. The number of ether oxygens (including phenoxy) is 1. The molecule has 7 nitrogen and oxygen atoms in total. The molecule has 0 unspecified atom stereocenters. The minimum absolute atomic E-state index is 0.0159. The number of rotatable bonds is 4. The van der Waals surface area contributed by atoms with Crippen molar-refractivity contribution < 1.29 is 35.9 Å². The molecule has 2 N–H and O–H groups in total. The van der Waals surface area contributed by atoms with E-state index < -0.39 is 35.2 Å². The molecule has 2 amide bonds. The zero-order valence-electron chi connectivity index (χ0n) is 18.5. The van der Waals surface area contributed by atoms with Crippen LogP contribution in [0.5, 0.6) is 0 Å². The summed E-state index contributed by atoms with van der Waals surface area (Å²) in [5.74, 6) is 0.690. The number of anilines is 3. The van der Waals surface area contributed by atoms with Gasteiger partial charge in [-0.15, -0.1) is 10.2 Å². The Labute approximate surface area is 201 Å². The van der Waals surface area contributed by atoms with E-state index in [0.29, 0.717) is 55.5 Å². The van der Waals surface area contributed by atoms with Gasteiger partial charge in [-0.05, 0) is 42.5 Å². The molecule has 1 aromatic heterocycles. The van der Waals surface area contributed by atoms with Gasteiger partial charge in [0.05, 0.1) is 30.0 Å². The molecular weight excluding hydrogens is 492 g/mol. The highest BCUT2D eigenvalue weighted by atomic mass is 19.4. The smallest absolute Gasteiger partial charge is 0.378 e. The third-order valence-electron chi connectivity index (χ3n) is 5.25. The maximum atomic E-state index is 13.0. The lowest BCUT2D eigenvalue weighted by molar-refractivity contribution is -0.143. The third-order valence-corrected chi connectivity index (χ3v) is 5.25. The molecule has 0 aliphatic carbocycles. The number of nitrogens with one attached hydrogen (secondary N) is 2. The number of carbonyl (C=O) groups excluding carboxylic acids is 1. The quantitative estimate of drug-likeness (QED) is 0.442. The van der Waals surface area contributed by atoms with Gasteiger partial charge in [0.2, 0.25) is 0 Å². The van der Waals surface area contributed by atoms with Crippen molar-refractivity contribution in [3.8, 4) is 11.3 Å². The van der Waals surface area contributed by atoms with E-state index in [1.807, 2.05) is 10.2 Å². The average Bonchev–Trinajstić information content (AvgIpc) is 2.83. The van der Waals surface area contributed by atoms with Gasteiger partial charge in [-0.1, -0.05) is 12.1 Å². The Morgan fingerprint density at radius 3 is 2.03 bits per heavy atom. The molecular formula is C23H19F6N5O2. The van der Waals surface area contributed by atoms with E-state index in [2.05, 4.69) is 15.5 Å². The summed E-state index contributed by atoms with van der Waals surface area (Å²) in [7, 11) is 0. The van der Waals surface area contributed by atoms with Crippen molar-refractivity contribution in [2.45, 2.75) is 12.4 Å². The predicted octanol–water partition coefficient (Wildman–Crippen LogP) is 5.66. The van der Waals surface area contributed by atoms with E-state index in [4.69, 9.17) is 4.74 Å². The molecule has 0 radical (unpaired) electrons. The highest BCUT2D eigenvalue weighted by Gasteiger charge is 2.37. The molecule has 0 spiro atoms. The van der Waals surface area contributed by atoms with Crippen LogP contribution in [0.2, 0.25) is 0 Å². The maximum Gasteiger partial charge on any atom is 0.416 e. The first-order valence-corrected chi connectivity index (χ1v) is 10.6. The molecule has 0 atom stereocenters. The van der Waals surface area contributed by atoms with Gasteiger partial charge in [-0.2, -0.15) is 26.3 Å². The number of nitrogens with zero attached hydrogens (tertiary/aromatic N) is 3. The van der Waals surface area contributed by atoms with E-state index in [1.165, 1.54) is 6.07 Å². The Morgan fingerprint density at radius 2 is 1.44 bits per heavy atom. The number of aromatic nitrogens is 2. The van der Waals surface area contributed by atoms with Crippen LogP contribution in [-0.2, 0) is 17.1 Å². The zero-order valence-corrected chi connectivity index (χ0v) is 18.5. The third kappa shape index (κ3) is 6.22. The lowest BCUT2D eigenvalue weighted by Crippen LogP contribution is -2.36. The molecule has 2 aromatic carbocycles. The second-order valence-corrected chi connectivity index (χ2v) is 7.83. The monoisotopic (exact) mass is 511 g/mol. The van der Waals surface area contributed by atoms with Gasteiger partial charge < -0.3 is 20.3 Å². The van der Waals surface area contributed by atoms with Crippen LogP contribution in [0.25, 0.3) is 11.3 Å². The lowest BCUT2D eigenvalue weighted by Gasteiger charge is -2.27. The normalized spacial score (nSPS) is 14.4. The minimum Gasteiger partial charge on any atom is -0.378 e. The molecule has 4 rings (SSSR count). The van der Waals surface area contributed by atoms with Crippen molar-refractivity contribution in [2.75, 3.05) is 41.8 Å². The summed E-state index contributed by atoms with van der Waals surface area (Å²) < 4.78 is 83.6.